The summed E-state index contributed by atoms with van der Waals surface area (Å²) in [6.07, 6.45) is 0. The van der Waals surface area contributed by atoms with Crippen LogP contribution >= 0.6 is 0 Å². The van der Waals surface area contributed by atoms with E-state index in [4.69, 9.17) is 0 Å². The topological polar surface area (TPSA) is 0 Å². The fourth-order valence-electron chi connectivity index (χ4n) is 2.60. The van der Waals surface area contributed by atoms with Crippen molar-refractivity contribution in [1.29, 1.82) is 0 Å². The summed E-state index contributed by atoms with van der Waals surface area (Å²) in [4.78, 5) is 0. The van der Waals surface area contributed by atoms with Crippen molar-refractivity contribution >= 4 is 23.3 Å². The second-order valence-electron chi connectivity index (χ2n) is 6.24. The van der Waals surface area contributed by atoms with Crippen LogP contribution in [0.4, 0.5) is 0 Å². The first kappa shape index (κ1) is 13.1. The van der Waals surface area contributed by atoms with Gasteiger partial charge < -0.3 is 0 Å². The molecule has 0 unspecified atom stereocenters. The van der Waals surface area contributed by atoms with Gasteiger partial charge in [0.1, 0.15) is 0 Å². The summed E-state index contributed by atoms with van der Waals surface area (Å²) < 4.78 is 2.66. The van der Waals surface area contributed by atoms with Gasteiger partial charge in [-0.1, -0.05) is 0 Å². The van der Waals surface area contributed by atoms with Crippen LogP contribution in [0.5, 0.6) is 0 Å². The van der Waals surface area contributed by atoms with Crippen LogP contribution < -0.4 is 3.58 Å². The van der Waals surface area contributed by atoms with Crippen molar-refractivity contribution in [3.05, 3.63) is 30.3 Å². The molecule has 0 amide bonds. The first-order valence-electron chi connectivity index (χ1n) is 5.66. The van der Waals surface area contributed by atoms with Crippen molar-refractivity contribution < 1.29 is 0 Å². The van der Waals surface area contributed by atoms with Crippen molar-refractivity contribution in [1.82, 2.24) is 0 Å². The van der Waals surface area contributed by atoms with Crippen LogP contribution in [0.25, 0.3) is 0 Å². The number of hydrogen-bond acceptors (Lipinski definition) is 0. The molecule has 1 rings (SSSR count). The quantitative estimate of drug-likeness (QED) is 0.688. The van der Waals surface area contributed by atoms with Crippen molar-refractivity contribution in [3.63, 3.8) is 0 Å². The van der Waals surface area contributed by atoms with Gasteiger partial charge in [0.25, 0.3) is 0 Å². The molecule has 1 radical (unpaired) electrons. The molecule has 0 aromatic heterocycles. The summed E-state index contributed by atoms with van der Waals surface area (Å²) in [6.45, 7) is 14.5. The molecule has 0 saturated heterocycles. The molecule has 0 heterocycles. The Bertz CT molecular complexity index is 286. The summed E-state index contributed by atoms with van der Waals surface area (Å²) in [5, 5.41) is 0. The van der Waals surface area contributed by atoms with E-state index < -0.39 is 19.8 Å². The summed E-state index contributed by atoms with van der Waals surface area (Å²) in [7, 11) is 0. The zero-order valence-corrected chi connectivity index (χ0v) is 13.7. The number of hydrogen-bond donors (Lipinski definition) is 0. The predicted molar refractivity (Wildman–Crippen MR) is 71.3 cm³/mol. The molecule has 0 nitrogen and oxygen atoms in total. The van der Waals surface area contributed by atoms with Gasteiger partial charge in [0.05, 0.1) is 0 Å². The Balaban J connectivity index is 3.15. The summed E-state index contributed by atoms with van der Waals surface area (Å²) in [6, 6.07) is 11.2. The minimum absolute atomic E-state index is 0.502. The molecule has 1 aromatic rings. The van der Waals surface area contributed by atoms with Gasteiger partial charge in [-0.3, -0.25) is 0 Å². The third kappa shape index (κ3) is 3.51. The van der Waals surface area contributed by atoms with Crippen LogP contribution in [0.3, 0.4) is 0 Å². The van der Waals surface area contributed by atoms with Gasteiger partial charge in [-0.15, -0.1) is 0 Å². The Kier molecular flexibility index (Phi) is 3.91. The molecule has 0 fully saturated rings. The van der Waals surface area contributed by atoms with Crippen LogP contribution in [0, 0.1) is 0 Å². The van der Waals surface area contributed by atoms with Gasteiger partial charge in [0.2, 0.25) is 0 Å². The van der Waals surface area contributed by atoms with E-state index in [1.165, 1.54) is 0 Å². The van der Waals surface area contributed by atoms with Crippen LogP contribution in [-0.4, -0.2) is 19.8 Å². The Hall–Kier alpha value is 0.0187. The summed E-state index contributed by atoms with van der Waals surface area (Å²) in [5.74, 6) is 0. The molecule has 83 valence electrons. The van der Waals surface area contributed by atoms with E-state index >= 15 is 0 Å². The maximum atomic E-state index is 2.42. The molecule has 15 heavy (non-hydrogen) atoms. The Morgan fingerprint density at radius 1 is 0.733 bits per heavy atom. The van der Waals surface area contributed by atoms with E-state index in [1.54, 1.807) is 3.58 Å². The van der Waals surface area contributed by atoms with E-state index in [2.05, 4.69) is 71.9 Å². The minimum atomic E-state index is -1.62. The molecule has 0 N–H and O–H groups in total. The van der Waals surface area contributed by atoms with Crippen molar-refractivity contribution in [3.8, 4) is 0 Å². The zero-order chi connectivity index (χ0) is 11.7. The van der Waals surface area contributed by atoms with Gasteiger partial charge in [0.15, 0.2) is 0 Å². The third-order valence-electron chi connectivity index (χ3n) is 2.56. The Labute approximate surface area is 102 Å². The average Bonchev–Trinajstić information content (AvgIpc) is 2.00. The van der Waals surface area contributed by atoms with Crippen LogP contribution in [0.15, 0.2) is 30.3 Å². The maximum absolute atomic E-state index is 2.42. The zero-order valence-electron chi connectivity index (χ0n) is 10.9. The third-order valence-corrected chi connectivity index (χ3v) is 13.7. The summed E-state index contributed by atoms with van der Waals surface area (Å²) >= 11 is -1.62. The average molecular weight is 310 g/mol. The van der Waals surface area contributed by atoms with Gasteiger partial charge in [0, 0.05) is 0 Å². The van der Waals surface area contributed by atoms with Crippen molar-refractivity contribution in [2.75, 3.05) is 0 Å². The molecule has 0 aliphatic rings. The normalized spacial score (nSPS) is 13.3. The molecular formula is C14H23Sn. The predicted octanol–water partition coefficient (Wildman–Crippen LogP) is 3.99. The molecule has 0 atom stereocenters. The van der Waals surface area contributed by atoms with Crippen molar-refractivity contribution in [2.45, 2.75) is 48.4 Å². The van der Waals surface area contributed by atoms with Gasteiger partial charge >= 0.3 is 102 Å². The first-order valence-corrected chi connectivity index (χ1v) is 9.94. The first-order chi connectivity index (χ1) is 6.73. The monoisotopic (exact) mass is 311 g/mol. The molecule has 0 aliphatic carbocycles. The van der Waals surface area contributed by atoms with Crippen LogP contribution in [0.1, 0.15) is 41.5 Å². The van der Waals surface area contributed by atoms with E-state index in [0.29, 0.717) is 6.86 Å². The molecule has 0 spiro atoms. The molecule has 1 heteroatoms. The van der Waals surface area contributed by atoms with E-state index in [0.717, 1.165) is 0 Å². The molecule has 0 bridgehead atoms. The van der Waals surface area contributed by atoms with E-state index in [-0.39, 0.29) is 0 Å². The number of rotatable bonds is 1. The van der Waals surface area contributed by atoms with Gasteiger partial charge in [-0.2, -0.15) is 0 Å². The van der Waals surface area contributed by atoms with Crippen molar-refractivity contribution in [2.24, 2.45) is 0 Å². The van der Waals surface area contributed by atoms with Gasteiger partial charge in [-0.05, 0) is 0 Å². The molecule has 0 saturated carbocycles. The number of benzene rings is 1. The Morgan fingerprint density at radius 2 is 1.13 bits per heavy atom. The fourth-order valence-corrected chi connectivity index (χ4v) is 15.5. The molecular weight excluding hydrogens is 287 g/mol. The second kappa shape index (κ2) is 4.48. The SMILES string of the molecule is C[C](C)(C)[Sn]([c]1ccccc1)[C](C)(C)C. The van der Waals surface area contributed by atoms with Gasteiger partial charge in [-0.25, -0.2) is 0 Å². The van der Waals surface area contributed by atoms with Crippen LogP contribution in [-0.2, 0) is 0 Å². The fraction of sp³-hybridized carbons (Fsp3) is 0.571. The molecule has 1 aromatic carbocycles. The van der Waals surface area contributed by atoms with Crippen LogP contribution in [0.2, 0.25) is 6.86 Å². The summed E-state index contributed by atoms with van der Waals surface area (Å²) in [5.41, 5.74) is 0. The second-order valence-corrected chi connectivity index (χ2v) is 18.6. The Morgan fingerprint density at radius 3 is 1.47 bits per heavy atom. The standard InChI is InChI=1S/C6H5.2C4H9.Sn/c1-2-4-6-5-3-1;2*1-4(2)3;/h1-5H;2*1-3H3;. The molecule has 0 aliphatic heterocycles. The van der Waals surface area contributed by atoms with E-state index in [9.17, 15) is 0 Å². The van der Waals surface area contributed by atoms with E-state index in [1.807, 2.05) is 0 Å².